The van der Waals surface area contributed by atoms with Crippen LogP contribution < -0.4 is 9.80 Å². The molecule has 0 radical (unpaired) electrons. The monoisotopic (exact) mass is 304 g/mol. The van der Waals surface area contributed by atoms with Gasteiger partial charge in [0.2, 0.25) is 5.91 Å². The second kappa shape index (κ2) is 6.81. The van der Waals surface area contributed by atoms with Gasteiger partial charge in [-0.3, -0.25) is 9.59 Å². The van der Waals surface area contributed by atoms with E-state index in [9.17, 15) is 9.59 Å². The molecule has 0 spiro atoms. The van der Waals surface area contributed by atoms with Gasteiger partial charge in [-0.25, -0.2) is 0 Å². The average Bonchev–Trinajstić information content (AvgIpc) is 2.89. The molecule has 120 valence electrons. The van der Waals surface area contributed by atoms with Crippen molar-refractivity contribution in [2.24, 2.45) is 5.92 Å². The molecule has 1 aliphatic rings. The molecule has 5 nitrogen and oxygen atoms in total. The zero-order valence-electron chi connectivity index (χ0n) is 13.8. The van der Waals surface area contributed by atoms with E-state index in [2.05, 4.69) is 24.8 Å². The molecule has 1 aliphatic heterocycles. The van der Waals surface area contributed by atoms with E-state index in [0.29, 0.717) is 6.54 Å². The highest BCUT2D eigenvalue weighted by Crippen LogP contribution is 2.31. The predicted molar refractivity (Wildman–Crippen MR) is 87.2 cm³/mol. The Bertz CT molecular complexity index is 567. The number of benzene rings is 1. The molecule has 1 fully saturated rings. The number of methoxy groups -OCH3 is 1. The molecule has 5 heteroatoms. The fourth-order valence-corrected chi connectivity index (χ4v) is 2.99. The van der Waals surface area contributed by atoms with Crippen LogP contribution in [0.25, 0.3) is 0 Å². The van der Waals surface area contributed by atoms with Crippen LogP contribution in [0.15, 0.2) is 18.2 Å². The highest BCUT2D eigenvalue weighted by Gasteiger charge is 2.36. The van der Waals surface area contributed by atoms with E-state index in [-0.39, 0.29) is 24.2 Å². The molecule has 1 heterocycles. The van der Waals surface area contributed by atoms with Crippen molar-refractivity contribution in [2.75, 3.05) is 36.5 Å². The fraction of sp³-hybridized carbons (Fsp3) is 0.529. The maximum atomic E-state index is 12.2. The van der Waals surface area contributed by atoms with E-state index in [1.165, 1.54) is 7.11 Å². The molecule has 0 bridgehead atoms. The maximum absolute atomic E-state index is 12.2. The lowest BCUT2D eigenvalue weighted by atomic mass is 10.1. The molecule has 0 aromatic heterocycles. The van der Waals surface area contributed by atoms with Crippen LogP contribution in [-0.2, 0) is 14.3 Å². The van der Waals surface area contributed by atoms with Crippen LogP contribution in [0.5, 0.6) is 0 Å². The zero-order valence-corrected chi connectivity index (χ0v) is 13.8. The summed E-state index contributed by atoms with van der Waals surface area (Å²) in [5.41, 5.74) is 3.08. The Kier molecular flexibility index (Phi) is 5.06. The molecule has 1 atom stereocenters. The highest BCUT2D eigenvalue weighted by molar-refractivity contribution is 6.00. The first-order valence-corrected chi connectivity index (χ1v) is 7.75. The predicted octanol–water partition coefficient (Wildman–Crippen LogP) is 2.37. The number of aryl methyl sites for hydroxylation is 1. The summed E-state index contributed by atoms with van der Waals surface area (Å²) in [5.74, 6) is -0.693. The minimum Gasteiger partial charge on any atom is -0.469 e. The summed E-state index contributed by atoms with van der Waals surface area (Å²) < 4.78 is 4.75. The number of hydrogen-bond donors (Lipinski definition) is 0. The second-order valence-electron chi connectivity index (χ2n) is 5.57. The lowest BCUT2D eigenvalue weighted by Crippen LogP contribution is -2.27. The SMILES string of the molecule is CCN(CC)c1ccc(N2C[C@@H](C(=O)OC)CC2=O)c(C)c1. The highest BCUT2D eigenvalue weighted by atomic mass is 16.5. The van der Waals surface area contributed by atoms with Crippen molar-refractivity contribution in [3.05, 3.63) is 23.8 Å². The van der Waals surface area contributed by atoms with Crippen molar-refractivity contribution in [1.29, 1.82) is 0 Å². The lowest BCUT2D eigenvalue weighted by Gasteiger charge is -2.24. The van der Waals surface area contributed by atoms with Crippen molar-refractivity contribution in [2.45, 2.75) is 27.2 Å². The van der Waals surface area contributed by atoms with Gasteiger partial charge in [-0.1, -0.05) is 0 Å². The van der Waals surface area contributed by atoms with Crippen LogP contribution in [0.3, 0.4) is 0 Å². The number of amides is 1. The van der Waals surface area contributed by atoms with E-state index in [0.717, 1.165) is 30.0 Å². The van der Waals surface area contributed by atoms with Gasteiger partial charge in [0.15, 0.2) is 0 Å². The summed E-state index contributed by atoms with van der Waals surface area (Å²) in [6.45, 7) is 8.54. The maximum Gasteiger partial charge on any atom is 0.311 e. The van der Waals surface area contributed by atoms with E-state index < -0.39 is 0 Å². The first-order valence-electron chi connectivity index (χ1n) is 7.75. The Labute approximate surface area is 131 Å². The number of ether oxygens (including phenoxy) is 1. The van der Waals surface area contributed by atoms with Crippen LogP contribution in [0.4, 0.5) is 11.4 Å². The average molecular weight is 304 g/mol. The van der Waals surface area contributed by atoms with Crippen molar-refractivity contribution in [3.63, 3.8) is 0 Å². The quantitative estimate of drug-likeness (QED) is 0.784. The van der Waals surface area contributed by atoms with E-state index in [4.69, 9.17) is 4.74 Å². The Morgan fingerprint density at radius 2 is 2.05 bits per heavy atom. The van der Waals surface area contributed by atoms with Gasteiger partial charge >= 0.3 is 5.97 Å². The van der Waals surface area contributed by atoms with Crippen LogP contribution in [0.1, 0.15) is 25.8 Å². The second-order valence-corrected chi connectivity index (χ2v) is 5.57. The summed E-state index contributed by atoms with van der Waals surface area (Å²) in [5, 5.41) is 0. The third-order valence-corrected chi connectivity index (χ3v) is 4.26. The Morgan fingerprint density at radius 3 is 2.59 bits per heavy atom. The molecular formula is C17H24N2O3. The number of nitrogens with zero attached hydrogens (tertiary/aromatic N) is 2. The van der Waals surface area contributed by atoms with Crippen LogP contribution >= 0.6 is 0 Å². The summed E-state index contributed by atoms with van der Waals surface area (Å²) in [6.07, 6.45) is 0.226. The lowest BCUT2D eigenvalue weighted by molar-refractivity contribution is -0.145. The van der Waals surface area contributed by atoms with Gasteiger partial charge in [-0.05, 0) is 44.5 Å². The summed E-state index contributed by atoms with van der Waals surface area (Å²) in [7, 11) is 1.36. The van der Waals surface area contributed by atoms with Gasteiger partial charge in [0.05, 0.1) is 13.0 Å². The first-order chi connectivity index (χ1) is 10.5. The van der Waals surface area contributed by atoms with Crippen molar-refractivity contribution >= 4 is 23.3 Å². The van der Waals surface area contributed by atoms with Gasteiger partial charge in [-0.2, -0.15) is 0 Å². The Balaban J connectivity index is 2.23. The normalized spacial score (nSPS) is 17.7. The largest absolute Gasteiger partial charge is 0.469 e. The molecule has 1 aromatic carbocycles. The van der Waals surface area contributed by atoms with E-state index in [1.54, 1.807) is 4.90 Å². The van der Waals surface area contributed by atoms with Gasteiger partial charge < -0.3 is 14.5 Å². The van der Waals surface area contributed by atoms with Gasteiger partial charge in [-0.15, -0.1) is 0 Å². The van der Waals surface area contributed by atoms with E-state index >= 15 is 0 Å². The topological polar surface area (TPSA) is 49.9 Å². The molecule has 2 rings (SSSR count). The number of anilines is 2. The van der Waals surface area contributed by atoms with E-state index in [1.807, 2.05) is 19.1 Å². The summed E-state index contributed by atoms with van der Waals surface area (Å²) in [4.78, 5) is 27.8. The third-order valence-electron chi connectivity index (χ3n) is 4.26. The smallest absolute Gasteiger partial charge is 0.311 e. The third kappa shape index (κ3) is 3.08. The van der Waals surface area contributed by atoms with Crippen LogP contribution in [-0.4, -0.2) is 38.6 Å². The molecule has 0 N–H and O–H groups in total. The standard InChI is InChI=1S/C17H24N2O3/c1-5-18(6-2)14-7-8-15(12(3)9-14)19-11-13(10-16(19)20)17(21)22-4/h7-9,13H,5-6,10-11H2,1-4H3/t13-/m0/s1. The molecule has 0 aliphatic carbocycles. The van der Waals surface area contributed by atoms with Gasteiger partial charge in [0.1, 0.15) is 0 Å². The molecular weight excluding hydrogens is 280 g/mol. The fourth-order valence-electron chi connectivity index (χ4n) is 2.99. The minimum atomic E-state index is -0.362. The molecule has 1 aromatic rings. The Morgan fingerprint density at radius 1 is 1.36 bits per heavy atom. The van der Waals surface area contributed by atoms with Crippen LogP contribution in [0, 0.1) is 12.8 Å². The zero-order chi connectivity index (χ0) is 16.3. The molecule has 0 unspecified atom stereocenters. The number of carbonyl (C=O) groups is 2. The van der Waals surface area contributed by atoms with Crippen LogP contribution in [0.2, 0.25) is 0 Å². The molecule has 22 heavy (non-hydrogen) atoms. The number of esters is 1. The van der Waals surface area contributed by atoms with Crippen molar-refractivity contribution in [3.8, 4) is 0 Å². The minimum absolute atomic E-state index is 0.0194. The van der Waals surface area contributed by atoms with Crippen molar-refractivity contribution < 1.29 is 14.3 Å². The van der Waals surface area contributed by atoms with Gasteiger partial charge in [0.25, 0.3) is 0 Å². The number of hydrogen-bond acceptors (Lipinski definition) is 4. The first kappa shape index (κ1) is 16.3. The number of carbonyl (C=O) groups excluding carboxylic acids is 2. The Hall–Kier alpha value is -2.04. The molecule has 1 amide bonds. The molecule has 1 saturated heterocycles. The number of rotatable bonds is 5. The molecule has 0 saturated carbocycles. The summed E-state index contributed by atoms with van der Waals surface area (Å²) in [6, 6.07) is 6.11. The van der Waals surface area contributed by atoms with Crippen molar-refractivity contribution in [1.82, 2.24) is 0 Å². The summed E-state index contributed by atoms with van der Waals surface area (Å²) >= 11 is 0. The van der Waals surface area contributed by atoms with Gasteiger partial charge in [0, 0.05) is 37.4 Å².